The molecule has 1 amide bonds. The average Bonchev–Trinajstić information content (AvgIpc) is 2.43. The number of nitrogens with zero attached hydrogens (tertiary/aromatic N) is 1. The van der Waals surface area contributed by atoms with Crippen molar-refractivity contribution in [3.63, 3.8) is 0 Å². The maximum Gasteiger partial charge on any atom is 0.238 e. The van der Waals surface area contributed by atoms with E-state index in [0.29, 0.717) is 24.2 Å². The number of rotatable bonds is 4. The molecule has 2 unspecified atom stereocenters. The lowest BCUT2D eigenvalue weighted by Crippen LogP contribution is -2.45. The second-order valence-electron chi connectivity index (χ2n) is 5.75. The summed E-state index contributed by atoms with van der Waals surface area (Å²) in [5, 5.41) is 12.5. The summed E-state index contributed by atoms with van der Waals surface area (Å²) in [5.74, 6) is 0.0665. The maximum absolute atomic E-state index is 12.0. The van der Waals surface area contributed by atoms with Crippen molar-refractivity contribution in [2.75, 3.05) is 25.0 Å². The Bertz CT molecular complexity index is 530. The summed E-state index contributed by atoms with van der Waals surface area (Å²) in [6.45, 7) is 5.25. The molecule has 1 aromatic carbocycles. The number of benzene rings is 1. The van der Waals surface area contributed by atoms with E-state index in [9.17, 15) is 14.7 Å². The first-order valence-corrected chi connectivity index (χ1v) is 7.27. The van der Waals surface area contributed by atoms with Gasteiger partial charge in [-0.15, -0.1) is 0 Å². The zero-order valence-corrected chi connectivity index (χ0v) is 12.5. The highest BCUT2D eigenvalue weighted by atomic mass is 16.3. The van der Waals surface area contributed by atoms with Gasteiger partial charge in [0.05, 0.1) is 12.6 Å². The minimum absolute atomic E-state index is 0.0232. The molecule has 0 aromatic heterocycles. The van der Waals surface area contributed by atoms with E-state index in [-0.39, 0.29) is 23.7 Å². The van der Waals surface area contributed by atoms with Crippen LogP contribution in [0.25, 0.3) is 0 Å². The van der Waals surface area contributed by atoms with Gasteiger partial charge < -0.3 is 10.4 Å². The van der Waals surface area contributed by atoms with Crippen LogP contribution in [0.3, 0.4) is 0 Å². The number of carbonyl (C=O) groups excluding carboxylic acids is 2. The molecule has 21 heavy (non-hydrogen) atoms. The molecule has 2 N–H and O–H groups in total. The van der Waals surface area contributed by atoms with E-state index in [0.717, 1.165) is 13.1 Å². The topological polar surface area (TPSA) is 69.6 Å². The Morgan fingerprint density at radius 3 is 2.86 bits per heavy atom. The number of amides is 1. The Labute approximate surface area is 125 Å². The van der Waals surface area contributed by atoms with Gasteiger partial charge in [-0.25, -0.2) is 0 Å². The van der Waals surface area contributed by atoms with Crippen LogP contribution < -0.4 is 5.32 Å². The summed E-state index contributed by atoms with van der Waals surface area (Å²) in [4.78, 5) is 25.4. The number of hydrogen-bond donors (Lipinski definition) is 2. The molecule has 0 spiro atoms. The van der Waals surface area contributed by atoms with E-state index in [2.05, 4.69) is 5.32 Å². The van der Waals surface area contributed by atoms with Gasteiger partial charge in [-0.1, -0.05) is 19.1 Å². The monoisotopic (exact) mass is 290 g/mol. The zero-order chi connectivity index (χ0) is 15.4. The second kappa shape index (κ2) is 6.83. The van der Waals surface area contributed by atoms with Crippen LogP contribution >= 0.6 is 0 Å². The number of likely N-dealkylation sites (tertiary alicyclic amines) is 1. The van der Waals surface area contributed by atoms with Crippen LogP contribution in [0.15, 0.2) is 24.3 Å². The van der Waals surface area contributed by atoms with Crippen molar-refractivity contribution in [1.29, 1.82) is 0 Å². The predicted molar refractivity (Wildman–Crippen MR) is 81.3 cm³/mol. The lowest BCUT2D eigenvalue weighted by Gasteiger charge is -2.33. The number of ketones is 1. The van der Waals surface area contributed by atoms with Crippen LogP contribution in [0, 0.1) is 5.92 Å². The Morgan fingerprint density at radius 1 is 1.43 bits per heavy atom. The van der Waals surface area contributed by atoms with Crippen LogP contribution in [-0.2, 0) is 4.79 Å². The smallest absolute Gasteiger partial charge is 0.238 e. The fraction of sp³-hybridized carbons (Fsp3) is 0.500. The van der Waals surface area contributed by atoms with Gasteiger partial charge in [0.1, 0.15) is 0 Å². The lowest BCUT2D eigenvalue weighted by molar-refractivity contribution is -0.118. The first-order chi connectivity index (χ1) is 9.95. The van der Waals surface area contributed by atoms with Crippen molar-refractivity contribution >= 4 is 17.4 Å². The van der Waals surface area contributed by atoms with Gasteiger partial charge >= 0.3 is 0 Å². The molecule has 1 aliphatic rings. The molecule has 5 nitrogen and oxygen atoms in total. The molecule has 0 radical (unpaired) electrons. The van der Waals surface area contributed by atoms with Gasteiger partial charge in [0.15, 0.2) is 5.78 Å². The summed E-state index contributed by atoms with van der Waals surface area (Å²) in [7, 11) is 0. The van der Waals surface area contributed by atoms with E-state index in [1.165, 1.54) is 6.92 Å². The molecule has 114 valence electrons. The number of aliphatic hydroxyl groups is 1. The van der Waals surface area contributed by atoms with Gasteiger partial charge in [-0.3, -0.25) is 14.5 Å². The Kier molecular flexibility index (Phi) is 5.09. The summed E-state index contributed by atoms with van der Waals surface area (Å²) < 4.78 is 0. The maximum atomic E-state index is 12.0. The summed E-state index contributed by atoms with van der Waals surface area (Å²) in [5.41, 5.74) is 1.22. The van der Waals surface area contributed by atoms with Gasteiger partial charge in [-0.05, 0) is 31.4 Å². The van der Waals surface area contributed by atoms with Crippen LogP contribution in [0.5, 0.6) is 0 Å². The molecule has 1 aliphatic heterocycles. The predicted octanol–water partition coefficient (Wildman–Crippen LogP) is 1.53. The first-order valence-electron chi connectivity index (χ1n) is 7.27. The highest BCUT2D eigenvalue weighted by Gasteiger charge is 2.25. The fourth-order valence-electron chi connectivity index (χ4n) is 2.58. The van der Waals surface area contributed by atoms with Crippen LogP contribution in [0.4, 0.5) is 5.69 Å². The third-order valence-corrected chi connectivity index (χ3v) is 3.86. The average molecular weight is 290 g/mol. The molecule has 0 aliphatic carbocycles. The van der Waals surface area contributed by atoms with E-state index in [1.54, 1.807) is 24.3 Å². The Balaban J connectivity index is 1.90. The van der Waals surface area contributed by atoms with E-state index >= 15 is 0 Å². The standard InChI is InChI=1S/C16H22N2O3/c1-11-9-18(7-6-15(11)20)10-16(21)17-14-5-3-4-13(8-14)12(2)19/h3-5,8,11,15,20H,6-7,9-10H2,1-2H3,(H,17,21). The van der Waals surface area contributed by atoms with Crippen LogP contribution in [-0.4, -0.2) is 47.4 Å². The minimum Gasteiger partial charge on any atom is -0.393 e. The van der Waals surface area contributed by atoms with Crippen molar-refractivity contribution in [2.45, 2.75) is 26.4 Å². The van der Waals surface area contributed by atoms with Gasteiger partial charge in [0.25, 0.3) is 0 Å². The first kappa shape index (κ1) is 15.7. The molecule has 1 heterocycles. The number of carbonyl (C=O) groups is 2. The Hall–Kier alpha value is -1.72. The van der Waals surface area contributed by atoms with Crippen LogP contribution in [0.2, 0.25) is 0 Å². The van der Waals surface area contributed by atoms with Crippen molar-refractivity contribution in [2.24, 2.45) is 5.92 Å². The van der Waals surface area contributed by atoms with Crippen molar-refractivity contribution < 1.29 is 14.7 Å². The molecule has 0 saturated carbocycles. The molecular formula is C16H22N2O3. The second-order valence-corrected chi connectivity index (χ2v) is 5.75. The minimum atomic E-state index is -0.267. The van der Waals surface area contributed by atoms with E-state index < -0.39 is 0 Å². The van der Waals surface area contributed by atoms with Gasteiger partial charge in [-0.2, -0.15) is 0 Å². The third-order valence-electron chi connectivity index (χ3n) is 3.86. The Morgan fingerprint density at radius 2 is 2.19 bits per heavy atom. The number of anilines is 1. The molecule has 1 fully saturated rings. The number of hydrogen-bond acceptors (Lipinski definition) is 4. The number of nitrogens with one attached hydrogen (secondary N) is 1. The fourth-order valence-corrected chi connectivity index (χ4v) is 2.58. The number of aliphatic hydroxyl groups excluding tert-OH is 1. The van der Waals surface area contributed by atoms with Crippen molar-refractivity contribution in [1.82, 2.24) is 4.90 Å². The highest BCUT2D eigenvalue weighted by molar-refractivity contribution is 5.97. The molecule has 1 aromatic rings. The van der Waals surface area contributed by atoms with E-state index in [1.807, 2.05) is 11.8 Å². The summed E-state index contributed by atoms with van der Waals surface area (Å²) in [6.07, 6.45) is 0.436. The molecular weight excluding hydrogens is 268 g/mol. The quantitative estimate of drug-likeness (QED) is 0.825. The third kappa shape index (κ3) is 4.37. The van der Waals surface area contributed by atoms with Gasteiger partial charge in [0, 0.05) is 24.3 Å². The zero-order valence-electron chi connectivity index (χ0n) is 12.5. The number of Topliss-reactive ketones (excluding diaryl/α,β-unsaturated/α-hetero) is 1. The normalized spacial score (nSPS) is 22.8. The SMILES string of the molecule is CC(=O)c1cccc(NC(=O)CN2CCC(O)C(C)C2)c1. The summed E-state index contributed by atoms with van der Waals surface area (Å²) in [6, 6.07) is 6.94. The number of piperidine rings is 1. The summed E-state index contributed by atoms with van der Waals surface area (Å²) >= 11 is 0. The van der Waals surface area contributed by atoms with Gasteiger partial charge in [0.2, 0.25) is 5.91 Å². The largest absolute Gasteiger partial charge is 0.393 e. The van der Waals surface area contributed by atoms with E-state index in [4.69, 9.17) is 0 Å². The lowest BCUT2D eigenvalue weighted by atomic mass is 9.97. The van der Waals surface area contributed by atoms with Crippen molar-refractivity contribution in [3.05, 3.63) is 29.8 Å². The molecule has 0 bridgehead atoms. The molecule has 1 saturated heterocycles. The van der Waals surface area contributed by atoms with Crippen LogP contribution in [0.1, 0.15) is 30.6 Å². The molecule has 2 rings (SSSR count). The highest BCUT2D eigenvalue weighted by Crippen LogP contribution is 2.16. The molecule has 2 atom stereocenters. The van der Waals surface area contributed by atoms with Crippen molar-refractivity contribution in [3.8, 4) is 0 Å². The molecule has 5 heteroatoms.